The first-order chi connectivity index (χ1) is 9.99. The van der Waals surface area contributed by atoms with E-state index in [4.69, 9.17) is 4.74 Å². The average molecular weight is 299 g/mol. The topological polar surface area (TPSA) is 21.3 Å². The molecule has 2 nitrogen and oxygen atoms in total. The highest BCUT2D eigenvalue weighted by atomic mass is 19.2. The van der Waals surface area contributed by atoms with Crippen LogP contribution in [0.1, 0.15) is 5.56 Å². The van der Waals surface area contributed by atoms with Gasteiger partial charge in [-0.25, -0.2) is 8.78 Å². The summed E-state index contributed by atoms with van der Waals surface area (Å²) in [6, 6.07) is 7.60. The molecule has 21 heavy (non-hydrogen) atoms. The minimum absolute atomic E-state index is 0.141. The Kier molecular flexibility index (Phi) is 4.67. The van der Waals surface area contributed by atoms with Crippen molar-refractivity contribution >= 4 is 5.69 Å². The molecule has 0 unspecified atom stereocenters. The second-order valence-corrected chi connectivity index (χ2v) is 4.44. The Morgan fingerprint density at radius 1 is 1.00 bits per heavy atom. The zero-order valence-electron chi connectivity index (χ0n) is 11.2. The van der Waals surface area contributed by atoms with Crippen molar-refractivity contribution in [1.82, 2.24) is 0 Å². The number of ether oxygens (including phenoxy) is 1. The number of halogens is 4. The van der Waals surface area contributed by atoms with Crippen LogP contribution in [0.2, 0.25) is 0 Å². The predicted molar refractivity (Wildman–Crippen MR) is 71.4 cm³/mol. The van der Waals surface area contributed by atoms with Crippen LogP contribution in [-0.4, -0.2) is 13.2 Å². The van der Waals surface area contributed by atoms with Gasteiger partial charge in [0.05, 0.1) is 0 Å². The summed E-state index contributed by atoms with van der Waals surface area (Å²) < 4.78 is 57.3. The van der Waals surface area contributed by atoms with Gasteiger partial charge in [-0.3, -0.25) is 0 Å². The Bertz CT molecular complexity index is 620. The monoisotopic (exact) mass is 299 g/mol. The zero-order valence-corrected chi connectivity index (χ0v) is 11.2. The molecule has 1 N–H and O–H groups in total. The van der Waals surface area contributed by atoms with E-state index in [1.54, 1.807) is 0 Å². The first kappa shape index (κ1) is 15.2. The van der Waals surface area contributed by atoms with E-state index in [0.717, 1.165) is 11.3 Å². The highest BCUT2D eigenvalue weighted by molar-refractivity contribution is 5.45. The molecule has 6 heteroatoms. The quantitative estimate of drug-likeness (QED) is 0.511. The molecule has 0 atom stereocenters. The number of hydrogen-bond acceptors (Lipinski definition) is 2. The van der Waals surface area contributed by atoms with Crippen LogP contribution < -0.4 is 10.1 Å². The van der Waals surface area contributed by atoms with E-state index >= 15 is 0 Å². The third-order valence-electron chi connectivity index (χ3n) is 2.77. The molecule has 112 valence electrons. The Labute approximate surface area is 119 Å². The van der Waals surface area contributed by atoms with Crippen LogP contribution in [0.25, 0.3) is 0 Å². The van der Waals surface area contributed by atoms with Crippen molar-refractivity contribution in [3.63, 3.8) is 0 Å². The van der Waals surface area contributed by atoms with E-state index in [-0.39, 0.29) is 19.2 Å². The molecule has 0 aliphatic heterocycles. The first-order valence-electron chi connectivity index (χ1n) is 6.25. The van der Waals surface area contributed by atoms with E-state index in [9.17, 15) is 17.6 Å². The summed E-state index contributed by atoms with van der Waals surface area (Å²) in [5.41, 5.74) is 1.86. The Morgan fingerprint density at radius 2 is 1.67 bits per heavy atom. The highest BCUT2D eigenvalue weighted by Crippen LogP contribution is 2.26. The van der Waals surface area contributed by atoms with E-state index in [1.807, 2.05) is 31.2 Å². The number of anilines is 1. The van der Waals surface area contributed by atoms with Gasteiger partial charge in [0.2, 0.25) is 11.6 Å². The van der Waals surface area contributed by atoms with Crippen LogP contribution in [-0.2, 0) is 0 Å². The maximum atomic E-state index is 13.3. The summed E-state index contributed by atoms with van der Waals surface area (Å²) in [5, 5.41) is 2.97. The molecule has 0 radical (unpaired) electrons. The summed E-state index contributed by atoms with van der Waals surface area (Å²) in [6.07, 6.45) is 0. The normalized spacial score (nSPS) is 10.5. The maximum Gasteiger partial charge on any atom is 0.203 e. The fourth-order valence-electron chi connectivity index (χ4n) is 1.78. The highest BCUT2D eigenvalue weighted by Gasteiger charge is 2.20. The maximum absolute atomic E-state index is 13.3. The molecule has 2 aromatic carbocycles. The Balaban J connectivity index is 1.95. The summed E-state index contributed by atoms with van der Waals surface area (Å²) in [7, 11) is 0. The van der Waals surface area contributed by atoms with Crippen molar-refractivity contribution in [1.29, 1.82) is 0 Å². The van der Waals surface area contributed by atoms with Gasteiger partial charge in [0.25, 0.3) is 0 Å². The van der Waals surface area contributed by atoms with E-state index in [1.165, 1.54) is 0 Å². The predicted octanol–water partition coefficient (Wildman–Crippen LogP) is 4.04. The number of nitrogens with one attached hydrogen (secondary N) is 1. The van der Waals surface area contributed by atoms with Gasteiger partial charge in [0.15, 0.2) is 17.4 Å². The summed E-state index contributed by atoms with van der Waals surface area (Å²) >= 11 is 0. The van der Waals surface area contributed by atoms with Gasteiger partial charge in [-0.2, -0.15) is 8.78 Å². The molecular formula is C15H13F4NO. The molecular weight excluding hydrogens is 286 g/mol. The van der Waals surface area contributed by atoms with Crippen LogP contribution >= 0.6 is 0 Å². The molecule has 0 saturated heterocycles. The summed E-state index contributed by atoms with van der Waals surface area (Å²) in [5.74, 6) is -7.10. The van der Waals surface area contributed by atoms with Crippen LogP contribution in [0.5, 0.6) is 5.75 Å². The minimum Gasteiger partial charge on any atom is -0.486 e. The molecule has 0 bridgehead atoms. The van der Waals surface area contributed by atoms with Crippen LogP contribution in [0, 0.1) is 30.2 Å². The third-order valence-corrected chi connectivity index (χ3v) is 2.77. The van der Waals surface area contributed by atoms with E-state index < -0.39 is 29.0 Å². The SMILES string of the molecule is Cc1cccc(NCCOc2c(F)c(F)cc(F)c2F)c1. The minimum atomic E-state index is -1.54. The number of rotatable bonds is 5. The van der Waals surface area contributed by atoms with Crippen LogP contribution in [0.3, 0.4) is 0 Å². The largest absolute Gasteiger partial charge is 0.486 e. The zero-order chi connectivity index (χ0) is 15.4. The van der Waals surface area contributed by atoms with Gasteiger partial charge in [-0.05, 0) is 24.6 Å². The lowest BCUT2D eigenvalue weighted by atomic mass is 10.2. The average Bonchev–Trinajstić information content (AvgIpc) is 2.44. The molecule has 0 spiro atoms. The number of aryl methyl sites for hydroxylation is 1. The Hall–Kier alpha value is -2.24. The van der Waals surface area contributed by atoms with E-state index in [0.29, 0.717) is 0 Å². The van der Waals surface area contributed by atoms with Gasteiger partial charge in [-0.1, -0.05) is 12.1 Å². The number of hydrogen-bond donors (Lipinski definition) is 1. The summed E-state index contributed by atoms with van der Waals surface area (Å²) in [4.78, 5) is 0. The molecule has 0 fully saturated rings. The van der Waals surface area contributed by atoms with Gasteiger partial charge < -0.3 is 10.1 Å². The fourth-order valence-corrected chi connectivity index (χ4v) is 1.78. The lowest BCUT2D eigenvalue weighted by Gasteiger charge is -2.11. The molecule has 0 saturated carbocycles. The smallest absolute Gasteiger partial charge is 0.203 e. The van der Waals surface area contributed by atoms with Gasteiger partial charge >= 0.3 is 0 Å². The third kappa shape index (κ3) is 3.65. The van der Waals surface area contributed by atoms with Crippen LogP contribution in [0.4, 0.5) is 23.2 Å². The lowest BCUT2D eigenvalue weighted by molar-refractivity contribution is 0.282. The van der Waals surface area contributed by atoms with Crippen molar-refractivity contribution < 1.29 is 22.3 Å². The van der Waals surface area contributed by atoms with Crippen molar-refractivity contribution in [2.75, 3.05) is 18.5 Å². The van der Waals surface area contributed by atoms with Crippen molar-refractivity contribution in [2.45, 2.75) is 6.92 Å². The molecule has 0 amide bonds. The molecule has 0 aromatic heterocycles. The molecule has 0 aliphatic carbocycles. The second-order valence-electron chi connectivity index (χ2n) is 4.44. The first-order valence-corrected chi connectivity index (χ1v) is 6.25. The Morgan fingerprint density at radius 3 is 2.29 bits per heavy atom. The number of benzene rings is 2. The van der Waals surface area contributed by atoms with Gasteiger partial charge in [-0.15, -0.1) is 0 Å². The molecule has 2 rings (SSSR count). The molecule has 2 aromatic rings. The standard InChI is InChI=1S/C15H13F4NO/c1-9-3-2-4-10(7-9)20-5-6-21-15-13(18)11(16)8-12(17)14(15)19/h2-4,7-8,20H,5-6H2,1H3. The van der Waals surface area contributed by atoms with Gasteiger partial charge in [0.1, 0.15) is 6.61 Å². The van der Waals surface area contributed by atoms with Crippen molar-refractivity contribution in [2.24, 2.45) is 0 Å². The van der Waals surface area contributed by atoms with Gasteiger partial charge in [0, 0.05) is 18.3 Å². The lowest BCUT2D eigenvalue weighted by Crippen LogP contribution is -2.13. The fraction of sp³-hybridized carbons (Fsp3) is 0.200. The second kappa shape index (κ2) is 6.47. The molecule has 0 aliphatic rings. The molecule has 0 heterocycles. The summed E-state index contributed by atoms with van der Waals surface area (Å²) in [6.45, 7) is 1.99. The van der Waals surface area contributed by atoms with Crippen molar-refractivity contribution in [3.8, 4) is 5.75 Å². The van der Waals surface area contributed by atoms with Crippen molar-refractivity contribution in [3.05, 3.63) is 59.2 Å². The van der Waals surface area contributed by atoms with Crippen LogP contribution in [0.15, 0.2) is 30.3 Å². The van der Waals surface area contributed by atoms with E-state index in [2.05, 4.69) is 5.32 Å².